The third kappa shape index (κ3) is 6.48. The molecule has 0 atom stereocenters. The summed E-state index contributed by atoms with van der Waals surface area (Å²) < 4.78 is 4.88. The first-order valence-corrected chi connectivity index (χ1v) is 8.46. The number of carbonyl (C=O) groups is 2. The molecule has 0 spiro atoms. The monoisotopic (exact) mass is 361 g/mol. The topological polar surface area (TPSA) is 55.4 Å². The lowest BCUT2D eigenvalue weighted by molar-refractivity contribution is -0.143. The maximum absolute atomic E-state index is 11.7. The van der Waals surface area contributed by atoms with Gasteiger partial charge in [0.15, 0.2) is 6.61 Å². The molecule has 1 N–H and O–H groups in total. The van der Waals surface area contributed by atoms with Gasteiger partial charge in [0.25, 0.3) is 5.91 Å². The molecule has 0 heterocycles. The minimum Gasteiger partial charge on any atom is -0.452 e. The molecule has 124 valence electrons. The molecule has 0 aromatic heterocycles. The largest absolute Gasteiger partial charge is 0.452 e. The fraction of sp³-hybridized carbons (Fsp3) is 0.111. The molecule has 0 aliphatic heterocycles. The molecule has 0 aliphatic carbocycles. The van der Waals surface area contributed by atoms with Gasteiger partial charge in [-0.15, -0.1) is 0 Å². The Morgan fingerprint density at radius 2 is 1.79 bits per heavy atom. The summed E-state index contributed by atoms with van der Waals surface area (Å²) in [5.41, 5.74) is 0.804. The summed E-state index contributed by atoms with van der Waals surface area (Å²) in [6.07, 6.45) is 1.29. The molecular formula is C18H16ClNO3S. The fourth-order valence-corrected chi connectivity index (χ4v) is 2.59. The van der Waals surface area contributed by atoms with Crippen LogP contribution >= 0.6 is 23.4 Å². The van der Waals surface area contributed by atoms with Crippen molar-refractivity contribution in [3.63, 3.8) is 0 Å². The van der Waals surface area contributed by atoms with Gasteiger partial charge in [-0.05, 0) is 29.2 Å². The van der Waals surface area contributed by atoms with Gasteiger partial charge in [0.1, 0.15) is 0 Å². The number of thioether (sulfide) groups is 1. The molecule has 0 saturated carbocycles. The molecule has 0 bridgehead atoms. The predicted molar refractivity (Wildman–Crippen MR) is 95.7 cm³/mol. The second-order valence-electron chi connectivity index (χ2n) is 4.71. The van der Waals surface area contributed by atoms with Crippen molar-refractivity contribution < 1.29 is 14.3 Å². The van der Waals surface area contributed by atoms with Crippen LogP contribution < -0.4 is 5.32 Å². The van der Waals surface area contributed by atoms with Gasteiger partial charge in [-0.1, -0.05) is 59.8 Å². The van der Waals surface area contributed by atoms with Crippen LogP contribution in [0.4, 0.5) is 0 Å². The summed E-state index contributed by atoms with van der Waals surface area (Å²) in [5.74, 6) is -0.946. The number of ether oxygens (including phenoxy) is 1. The number of hydrogen-bond donors (Lipinski definition) is 1. The van der Waals surface area contributed by atoms with Crippen LogP contribution in [-0.2, 0) is 20.9 Å². The van der Waals surface area contributed by atoms with E-state index >= 15 is 0 Å². The molecule has 2 aromatic rings. The van der Waals surface area contributed by atoms with Crippen molar-refractivity contribution in [3.05, 3.63) is 76.7 Å². The molecule has 0 saturated heterocycles. The van der Waals surface area contributed by atoms with Crippen LogP contribution in [0.15, 0.2) is 71.0 Å². The lowest BCUT2D eigenvalue weighted by Gasteiger charge is -2.06. The molecular weight excluding hydrogens is 346 g/mol. The zero-order valence-electron chi connectivity index (χ0n) is 12.8. The van der Waals surface area contributed by atoms with E-state index in [4.69, 9.17) is 16.3 Å². The Bertz CT molecular complexity index is 719. The third-order valence-electron chi connectivity index (χ3n) is 2.93. The molecule has 0 radical (unpaired) electrons. The second kappa shape index (κ2) is 9.80. The van der Waals surface area contributed by atoms with Crippen molar-refractivity contribution in [1.29, 1.82) is 0 Å². The van der Waals surface area contributed by atoms with Gasteiger partial charge in [0.2, 0.25) is 0 Å². The minimum absolute atomic E-state index is 0.287. The van der Waals surface area contributed by atoms with Crippen LogP contribution in [-0.4, -0.2) is 18.5 Å². The Labute approximate surface area is 149 Å². The van der Waals surface area contributed by atoms with E-state index in [9.17, 15) is 9.59 Å². The molecule has 0 unspecified atom stereocenters. The number of benzene rings is 2. The molecule has 0 fully saturated rings. The van der Waals surface area contributed by atoms with E-state index < -0.39 is 5.97 Å². The summed E-state index contributed by atoms with van der Waals surface area (Å²) >= 11 is 7.39. The zero-order chi connectivity index (χ0) is 17.2. The predicted octanol–water partition coefficient (Wildman–Crippen LogP) is 3.81. The van der Waals surface area contributed by atoms with Gasteiger partial charge in [-0.25, -0.2) is 4.79 Å². The average Bonchev–Trinajstić information content (AvgIpc) is 2.60. The van der Waals surface area contributed by atoms with Crippen molar-refractivity contribution in [1.82, 2.24) is 5.32 Å². The van der Waals surface area contributed by atoms with Crippen LogP contribution in [0.1, 0.15) is 5.56 Å². The average molecular weight is 362 g/mol. The van der Waals surface area contributed by atoms with Crippen molar-refractivity contribution in [2.45, 2.75) is 11.4 Å². The van der Waals surface area contributed by atoms with E-state index in [0.717, 1.165) is 10.5 Å². The smallest absolute Gasteiger partial charge is 0.331 e. The van der Waals surface area contributed by atoms with E-state index in [0.29, 0.717) is 5.02 Å². The number of nitrogens with one attached hydrogen (secondary N) is 1. The van der Waals surface area contributed by atoms with Gasteiger partial charge in [-0.3, -0.25) is 4.79 Å². The number of rotatable bonds is 7. The molecule has 24 heavy (non-hydrogen) atoms. The summed E-state index contributed by atoms with van der Waals surface area (Å²) in [7, 11) is 0. The highest BCUT2D eigenvalue weighted by Crippen LogP contribution is 2.17. The van der Waals surface area contributed by atoms with Gasteiger partial charge >= 0.3 is 5.97 Å². The van der Waals surface area contributed by atoms with Crippen LogP contribution in [0.2, 0.25) is 5.02 Å². The number of carbonyl (C=O) groups excluding carboxylic acids is 2. The van der Waals surface area contributed by atoms with Crippen LogP contribution in [0.25, 0.3) is 0 Å². The van der Waals surface area contributed by atoms with Gasteiger partial charge in [0, 0.05) is 22.5 Å². The molecule has 2 aromatic carbocycles. The van der Waals surface area contributed by atoms with E-state index in [1.165, 1.54) is 17.8 Å². The second-order valence-corrected chi connectivity index (χ2v) is 6.10. The van der Waals surface area contributed by atoms with E-state index in [2.05, 4.69) is 5.32 Å². The first kappa shape index (κ1) is 18.1. The van der Waals surface area contributed by atoms with E-state index in [1.807, 2.05) is 48.5 Å². The standard InChI is InChI=1S/C18H16ClNO3S/c19-16-9-5-4-6-14(16)12-20-17(21)13-23-18(22)10-11-24-15-7-2-1-3-8-15/h1-11H,12-13H2,(H,20,21)/b11-10+. The Kier molecular flexibility index (Phi) is 7.39. The van der Waals surface area contributed by atoms with E-state index in [1.54, 1.807) is 11.5 Å². The highest BCUT2D eigenvalue weighted by Gasteiger charge is 2.06. The highest BCUT2D eigenvalue weighted by atomic mass is 35.5. The molecule has 0 aliphatic rings. The molecule has 6 heteroatoms. The molecule has 4 nitrogen and oxygen atoms in total. The number of hydrogen-bond acceptors (Lipinski definition) is 4. The maximum atomic E-state index is 11.7. The van der Waals surface area contributed by atoms with Gasteiger partial charge in [-0.2, -0.15) is 0 Å². The Morgan fingerprint density at radius 1 is 1.08 bits per heavy atom. The Morgan fingerprint density at radius 3 is 2.54 bits per heavy atom. The van der Waals surface area contributed by atoms with Crippen molar-refractivity contribution in [2.75, 3.05) is 6.61 Å². The van der Waals surface area contributed by atoms with Gasteiger partial charge in [0.05, 0.1) is 0 Å². The van der Waals surface area contributed by atoms with Crippen LogP contribution in [0.5, 0.6) is 0 Å². The van der Waals surface area contributed by atoms with Crippen LogP contribution in [0, 0.1) is 0 Å². The first-order chi connectivity index (χ1) is 11.6. The zero-order valence-corrected chi connectivity index (χ0v) is 14.3. The normalized spacial score (nSPS) is 10.5. The lowest BCUT2D eigenvalue weighted by atomic mass is 10.2. The van der Waals surface area contributed by atoms with E-state index in [-0.39, 0.29) is 19.1 Å². The SMILES string of the molecule is O=C(COC(=O)/C=C/Sc1ccccc1)NCc1ccccc1Cl. The maximum Gasteiger partial charge on any atom is 0.331 e. The lowest BCUT2D eigenvalue weighted by Crippen LogP contribution is -2.28. The fourth-order valence-electron chi connectivity index (χ4n) is 1.74. The summed E-state index contributed by atoms with van der Waals surface area (Å²) in [6, 6.07) is 16.8. The number of amides is 1. The van der Waals surface area contributed by atoms with Crippen molar-refractivity contribution >= 4 is 35.2 Å². The highest BCUT2D eigenvalue weighted by molar-refractivity contribution is 8.02. The number of esters is 1. The summed E-state index contributed by atoms with van der Waals surface area (Å²) in [4.78, 5) is 24.2. The van der Waals surface area contributed by atoms with Crippen molar-refractivity contribution in [3.8, 4) is 0 Å². The third-order valence-corrected chi connectivity index (χ3v) is 4.12. The summed E-state index contributed by atoms with van der Waals surface area (Å²) in [6.45, 7) is -0.0423. The Balaban J connectivity index is 1.67. The van der Waals surface area contributed by atoms with Gasteiger partial charge < -0.3 is 10.1 Å². The number of halogens is 1. The quantitative estimate of drug-likeness (QED) is 0.463. The van der Waals surface area contributed by atoms with Crippen LogP contribution in [0.3, 0.4) is 0 Å². The Hall–Kier alpha value is -2.24. The minimum atomic E-state index is -0.564. The summed E-state index contributed by atoms with van der Waals surface area (Å²) in [5, 5.41) is 4.85. The molecule has 2 rings (SSSR count). The first-order valence-electron chi connectivity index (χ1n) is 7.20. The van der Waals surface area contributed by atoms with Crippen molar-refractivity contribution in [2.24, 2.45) is 0 Å². The molecule has 1 amide bonds.